The number of carbonyl (C=O) groups is 1. The van der Waals surface area contributed by atoms with Gasteiger partial charge in [-0.3, -0.25) is 4.79 Å². The molecule has 0 unspecified atom stereocenters. The molecule has 0 amide bonds. The Labute approximate surface area is 156 Å². The minimum absolute atomic E-state index is 0.280. The van der Waals surface area contributed by atoms with E-state index in [4.69, 9.17) is 5.11 Å². The lowest BCUT2D eigenvalue weighted by Crippen LogP contribution is -1.92. The van der Waals surface area contributed by atoms with Crippen molar-refractivity contribution in [3.63, 3.8) is 0 Å². The summed E-state index contributed by atoms with van der Waals surface area (Å²) in [5, 5.41) is 8.53. The van der Waals surface area contributed by atoms with Crippen LogP contribution in [0.1, 0.15) is 110 Å². The van der Waals surface area contributed by atoms with Gasteiger partial charge in [-0.2, -0.15) is 0 Å². The monoisotopic (exact) mass is 350 g/mol. The summed E-state index contributed by atoms with van der Waals surface area (Å²) < 4.78 is 0. The summed E-state index contributed by atoms with van der Waals surface area (Å²) in [6, 6.07) is 0. The van der Waals surface area contributed by atoms with Crippen LogP contribution >= 0.6 is 0 Å². The zero-order valence-electron chi connectivity index (χ0n) is 16.8. The smallest absolute Gasteiger partial charge is 0.303 e. The fourth-order valence-corrected chi connectivity index (χ4v) is 2.91. The van der Waals surface area contributed by atoms with Crippen LogP contribution in [-0.4, -0.2) is 11.1 Å². The Morgan fingerprint density at radius 1 is 0.680 bits per heavy atom. The van der Waals surface area contributed by atoms with E-state index in [1.807, 2.05) is 0 Å². The molecule has 0 bridgehead atoms. The largest absolute Gasteiger partial charge is 0.481 e. The highest BCUT2D eigenvalue weighted by molar-refractivity contribution is 5.66. The topological polar surface area (TPSA) is 37.3 Å². The van der Waals surface area contributed by atoms with Gasteiger partial charge in [0.25, 0.3) is 0 Å². The quantitative estimate of drug-likeness (QED) is 0.203. The van der Waals surface area contributed by atoms with Crippen LogP contribution in [0.5, 0.6) is 0 Å². The second-order valence-corrected chi connectivity index (χ2v) is 7.61. The highest BCUT2D eigenvalue weighted by atomic mass is 16.4. The van der Waals surface area contributed by atoms with E-state index < -0.39 is 5.97 Å². The molecule has 0 heterocycles. The van der Waals surface area contributed by atoms with Crippen molar-refractivity contribution in [3.05, 3.63) is 24.3 Å². The fraction of sp³-hybridized carbons (Fsp3) is 0.783. The number of carboxylic acid groups (broad SMARTS) is 1. The molecule has 0 saturated heterocycles. The molecular formula is C23H42O2. The van der Waals surface area contributed by atoms with Crippen molar-refractivity contribution >= 4 is 5.97 Å². The van der Waals surface area contributed by atoms with Crippen LogP contribution in [0.15, 0.2) is 24.3 Å². The highest BCUT2D eigenvalue weighted by Crippen LogP contribution is 2.13. The minimum atomic E-state index is -0.696. The lowest BCUT2D eigenvalue weighted by molar-refractivity contribution is -0.137. The van der Waals surface area contributed by atoms with Crippen molar-refractivity contribution in [2.75, 3.05) is 0 Å². The Bertz CT molecular complexity index is 342. The van der Waals surface area contributed by atoms with Gasteiger partial charge in [0.2, 0.25) is 0 Å². The summed E-state index contributed by atoms with van der Waals surface area (Å²) in [5.74, 6) is 0.172. The number of rotatable bonds is 18. The molecule has 146 valence electrons. The van der Waals surface area contributed by atoms with Crippen LogP contribution < -0.4 is 0 Å². The van der Waals surface area contributed by atoms with Gasteiger partial charge in [-0.15, -0.1) is 0 Å². The number of allylic oxidation sites excluding steroid dienone is 4. The first-order valence-electron chi connectivity index (χ1n) is 10.6. The Hall–Kier alpha value is -1.05. The van der Waals surface area contributed by atoms with E-state index in [-0.39, 0.29) is 6.42 Å². The molecule has 0 radical (unpaired) electrons. The summed E-state index contributed by atoms with van der Waals surface area (Å²) >= 11 is 0. The lowest BCUT2D eigenvalue weighted by Gasteiger charge is -2.04. The molecule has 0 spiro atoms. The van der Waals surface area contributed by atoms with Crippen LogP contribution in [0.4, 0.5) is 0 Å². The maximum Gasteiger partial charge on any atom is 0.303 e. The van der Waals surface area contributed by atoms with Gasteiger partial charge in [-0.05, 0) is 44.4 Å². The van der Waals surface area contributed by atoms with E-state index in [9.17, 15) is 4.79 Å². The number of aliphatic carboxylic acids is 1. The second kappa shape index (κ2) is 19.3. The van der Waals surface area contributed by atoms with Crippen molar-refractivity contribution in [3.8, 4) is 0 Å². The van der Waals surface area contributed by atoms with E-state index in [0.29, 0.717) is 0 Å². The average molecular weight is 351 g/mol. The maximum atomic E-state index is 10.4. The SMILES string of the molecule is CC(C)CCCCCCCCCCC=CCCC=CCCCC(=O)O. The van der Waals surface area contributed by atoms with E-state index in [1.165, 1.54) is 64.2 Å². The minimum Gasteiger partial charge on any atom is -0.481 e. The van der Waals surface area contributed by atoms with Gasteiger partial charge in [-0.25, -0.2) is 0 Å². The van der Waals surface area contributed by atoms with Gasteiger partial charge in [0.15, 0.2) is 0 Å². The molecule has 2 heteroatoms. The predicted octanol–water partition coefficient (Wildman–Crippen LogP) is 7.69. The van der Waals surface area contributed by atoms with E-state index in [1.54, 1.807) is 0 Å². The highest BCUT2D eigenvalue weighted by Gasteiger charge is 1.95. The van der Waals surface area contributed by atoms with Crippen molar-refractivity contribution in [2.24, 2.45) is 5.92 Å². The molecule has 25 heavy (non-hydrogen) atoms. The Balaban J connectivity index is 3.18. The first-order chi connectivity index (χ1) is 12.1. The number of carboxylic acids is 1. The summed E-state index contributed by atoms with van der Waals surface area (Å²) in [4.78, 5) is 10.4. The first kappa shape index (κ1) is 23.9. The van der Waals surface area contributed by atoms with E-state index in [2.05, 4.69) is 38.2 Å². The summed E-state index contributed by atoms with van der Waals surface area (Å²) in [6.07, 6.45) is 26.8. The van der Waals surface area contributed by atoms with Crippen molar-refractivity contribution in [2.45, 2.75) is 110 Å². The maximum absolute atomic E-state index is 10.4. The van der Waals surface area contributed by atoms with Crippen LogP contribution in [0, 0.1) is 5.92 Å². The zero-order valence-corrected chi connectivity index (χ0v) is 16.8. The molecular weight excluding hydrogens is 308 g/mol. The van der Waals surface area contributed by atoms with Crippen molar-refractivity contribution in [1.82, 2.24) is 0 Å². The molecule has 0 aliphatic heterocycles. The van der Waals surface area contributed by atoms with Gasteiger partial charge in [0, 0.05) is 6.42 Å². The Morgan fingerprint density at radius 2 is 1.12 bits per heavy atom. The first-order valence-corrected chi connectivity index (χ1v) is 10.6. The van der Waals surface area contributed by atoms with Gasteiger partial charge in [0.1, 0.15) is 0 Å². The van der Waals surface area contributed by atoms with Crippen LogP contribution in [0.25, 0.3) is 0 Å². The van der Waals surface area contributed by atoms with Gasteiger partial charge < -0.3 is 5.11 Å². The third-order valence-electron chi connectivity index (χ3n) is 4.50. The number of unbranched alkanes of at least 4 members (excludes halogenated alkanes) is 10. The zero-order chi connectivity index (χ0) is 18.6. The fourth-order valence-electron chi connectivity index (χ4n) is 2.91. The summed E-state index contributed by atoms with van der Waals surface area (Å²) in [7, 11) is 0. The normalized spacial score (nSPS) is 12.0. The van der Waals surface area contributed by atoms with E-state index in [0.717, 1.165) is 31.6 Å². The molecule has 0 fully saturated rings. The third-order valence-corrected chi connectivity index (χ3v) is 4.50. The predicted molar refractivity (Wildman–Crippen MR) is 110 cm³/mol. The molecule has 0 aliphatic rings. The molecule has 0 aromatic heterocycles. The molecule has 0 aliphatic carbocycles. The van der Waals surface area contributed by atoms with Crippen molar-refractivity contribution in [1.29, 1.82) is 0 Å². The van der Waals surface area contributed by atoms with Gasteiger partial charge in [-0.1, -0.05) is 89.5 Å². The number of hydrogen-bond acceptors (Lipinski definition) is 1. The van der Waals surface area contributed by atoms with Crippen LogP contribution in [-0.2, 0) is 4.79 Å². The Kier molecular flexibility index (Phi) is 18.5. The Morgan fingerprint density at radius 3 is 1.64 bits per heavy atom. The molecule has 0 saturated carbocycles. The van der Waals surface area contributed by atoms with Gasteiger partial charge >= 0.3 is 5.97 Å². The molecule has 1 N–H and O–H groups in total. The standard InChI is InChI=1S/C23H42O2/c1-22(2)20-18-16-14-12-10-8-6-4-3-5-7-9-11-13-15-17-19-21-23(24)25/h5,7,13,15,22H,3-4,6,8-12,14,16-21H2,1-2H3,(H,24,25). The summed E-state index contributed by atoms with van der Waals surface area (Å²) in [5.41, 5.74) is 0. The molecule has 0 aromatic carbocycles. The molecule has 0 aromatic rings. The van der Waals surface area contributed by atoms with Gasteiger partial charge in [0.05, 0.1) is 0 Å². The van der Waals surface area contributed by atoms with Crippen LogP contribution in [0.3, 0.4) is 0 Å². The molecule has 0 atom stereocenters. The lowest BCUT2D eigenvalue weighted by atomic mass is 10.0. The van der Waals surface area contributed by atoms with E-state index >= 15 is 0 Å². The third kappa shape index (κ3) is 22.9. The second-order valence-electron chi connectivity index (χ2n) is 7.61. The average Bonchev–Trinajstić information content (AvgIpc) is 2.56. The number of hydrogen-bond donors (Lipinski definition) is 1. The van der Waals surface area contributed by atoms with Crippen molar-refractivity contribution < 1.29 is 9.90 Å². The summed E-state index contributed by atoms with van der Waals surface area (Å²) in [6.45, 7) is 4.63. The molecule has 0 rings (SSSR count). The van der Waals surface area contributed by atoms with Crippen LogP contribution in [0.2, 0.25) is 0 Å². The molecule has 2 nitrogen and oxygen atoms in total.